The van der Waals surface area contributed by atoms with Gasteiger partial charge in [-0.3, -0.25) is 9.36 Å². The molecular formula is C19H17ClFNO3. The van der Waals surface area contributed by atoms with E-state index in [-0.39, 0.29) is 24.6 Å². The van der Waals surface area contributed by atoms with Gasteiger partial charge in [0.2, 0.25) is 0 Å². The van der Waals surface area contributed by atoms with Crippen LogP contribution in [0.5, 0.6) is 0 Å². The Morgan fingerprint density at radius 1 is 1.20 bits per heavy atom. The maximum atomic E-state index is 13.7. The van der Waals surface area contributed by atoms with Crippen molar-refractivity contribution in [2.24, 2.45) is 0 Å². The third-order valence-corrected chi connectivity index (χ3v) is 4.49. The number of aliphatic hydroxyl groups excluding tert-OH is 1. The van der Waals surface area contributed by atoms with E-state index in [2.05, 4.69) is 0 Å². The standard InChI is InChI=1S/C19H17ClFNO3/c1-11-15-10-14(21)6-7-17(15)22(16(11)8-9-18(23)24)19(25)12-2-4-13(20)5-3-12/h2-7,10,18,23-24H,8-9H2,1H3. The van der Waals surface area contributed by atoms with Crippen LogP contribution in [-0.4, -0.2) is 27.0 Å². The van der Waals surface area contributed by atoms with Gasteiger partial charge in [-0.25, -0.2) is 4.39 Å². The Labute approximate surface area is 149 Å². The predicted octanol–water partition coefficient (Wildman–Crippen LogP) is 3.67. The van der Waals surface area contributed by atoms with Crippen molar-refractivity contribution in [2.45, 2.75) is 26.1 Å². The molecule has 0 atom stereocenters. The second-order valence-corrected chi connectivity index (χ2v) is 6.34. The van der Waals surface area contributed by atoms with Crippen molar-refractivity contribution in [3.05, 3.63) is 70.1 Å². The van der Waals surface area contributed by atoms with E-state index in [1.807, 2.05) is 0 Å². The summed E-state index contributed by atoms with van der Waals surface area (Å²) < 4.78 is 15.2. The predicted molar refractivity (Wildman–Crippen MR) is 94.4 cm³/mol. The van der Waals surface area contributed by atoms with Crippen LogP contribution < -0.4 is 0 Å². The fourth-order valence-electron chi connectivity index (χ4n) is 2.99. The number of hydrogen-bond donors (Lipinski definition) is 2. The summed E-state index contributed by atoms with van der Waals surface area (Å²) in [6.45, 7) is 1.80. The van der Waals surface area contributed by atoms with E-state index in [4.69, 9.17) is 11.6 Å². The molecule has 1 aromatic heterocycles. The molecule has 1 heterocycles. The Hall–Kier alpha value is -2.21. The molecule has 0 bridgehead atoms. The van der Waals surface area contributed by atoms with Gasteiger partial charge in [0.1, 0.15) is 5.82 Å². The van der Waals surface area contributed by atoms with Gasteiger partial charge >= 0.3 is 0 Å². The van der Waals surface area contributed by atoms with Crippen molar-refractivity contribution in [1.29, 1.82) is 0 Å². The number of fused-ring (bicyclic) bond motifs is 1. The van der Waals surface area contributed by atoms with Gasteiger partial charge in [0.05, 0.1) is 5.52 Å². The normalized spacial score (nSPS) is 11.4. The van der Waals surface area contributed by atoms with Gasteiger partial charge in [0.25, 0.3) is 5.91 Å². The molecule has 2 aromatic carbocycles. The van der Waals surface area contributed by atoms with E-state index in [0.717, 1.165) is 5.56 Å². The summed E-state index contributed by atoms with van der Waals surface area (Å²) in [7, 11) is 0. The molecule has 0 radical (unpaired) electrons. The topological polar surface area (TPSA) is 62.5 Å². The molecule has 0 fully saturated rings. The monoisotopic (exact) mass is 361 g/mol. The highest BCUT2D eigenvalue weighted by Crippen LogP contribution is 2.29. The highest BCUT2D eigenvalue weighted by molar-refractivity contribution is 6.30. The van der Waals surface area contributed by atoms with Gasteiger partial charge < -0.3 is 10.2 Å². The van der Waals surface area contributed by atoms with Crippen molar-refractivity contribution >= 4 is 28.4 Å². The number of carbonyl (C=O) groups excluding carboxylic acids is 1. The zero-order chi connectivity index (χ0) is 18.1. The zero-order valence-corrected chi connectivity index (χ0v) is 14.3. The van der Waals surface area contributed by atoms with Crippen molar-refractivity contribution in [1.82, 2.24) is 4.57 Å². The third-order valence-electron chi connectivity index (χ3n) is 4.24. The number of halogens is 2. The van der Waals surface area contributed by atoms with Gasteiger partial charge in [0.15, 0.2) is 6.29 Å². The van der Waals surface area contributed by atoms with Crippen LogP contribution in [-0.2, 0) is 6.42 Å². The summed E-state index contributed by atoms with van der Waals surface area (Å²) in [5, 5.41) is 19.5. The van der Waals surface area contributed by atoms with E-state index in [1.165, 1.54) is 16.7 Å². The molecular weight excluding hydrogens is 345 g/mol. The van der Waals surface area contributed by atoms with Gasteiger partial charge in [-0.05, 0) is 61.4 Å². The van der Waals surface area contributed by atoms with Crippen LogP contribution in [0.15, 0.2) is 42.5 Å². The molecule has 0 unspecified atom stereocenters. The van der Waals surface area contributed by atoms with Crippen LogP contribution in [0, 0.1) is 12.7 Å². The molecule has 0 amide bonds. The van der Waals surface area contributed by atoms with E-state index in [1.54, 1.807) is 37.3 Å². The molecule has 2 N–H and O–H groups in total. The summed E-state index contributed by atoms with van der Waals surface area (Å²) in [5.41, 5.74) is 2.41. The van der Waals surface area contributed by atoms with Crippen molar-refractivity contribution in [2.75, 3.05) is 0 Å². The highest BCUT2D eigenvalue weighted by atomic mass is 35.5. The number of benzene rings is 2. The molecule has 0 aliphatic carbocycles. The van der Waals surface area contributed by atoms with Crippen molar-refractivity contribution in [3.8, 4) is 0 Å². The average molecular weight is 362 g/mol. The summed E-state index contributed by atoms with van der Waals surface area (Å²) in [6, 6.07) is 10.8. The van der Waals surface area contributed by atoms with E-state index in [0.29, 0.717) is 27.2 Å². The summed E-state index contributed by atoms with van der Waals surface area (Å²) >= 11 is 5.88. The Balaban J connectivity index is 2.18. The largest absolute Gasteiger partial charge is 0.368 e. The van der Waals surface area contributed by atoms with Crippen LogP contribution in [0.3, 0.4) is 0 Å². The van der Waals surface area contributed by atoms with Gasteiger partial charge in [-0.1, -0.05) is 11.6 Å². The second kappa shape index (κ2) is 6.96. The van der Waals surface area contributed by atoms with Crippen molar-refractivity contribution in [3.63, 3.8) is 0 Å². The number of rotatable bonds is 4. The second-order valence-electron chi connectivity index (χ2n) is 5.90. The van der Waals surface area contributed by atoms with Gasteiger partial charge in [0, 0.05) is 28.1 Å². The Kier molecular flexibility index (Phi) is 4.90. The van der Waals surface area contributed by atoms with Crippen LogP contribution >= 0.6 is 11.6 Å². The van der Waals surface area contributed by atoms with Crippen LogP contribution in [0.2, 0.25) is 5.02 Å². The number of nitrogens with zero attached hydrogens (tertiary/aromatic N) is 1. The molecule has 4 nitrogen and oxygen atoms in total. The first kappa shape index (κ1) is 17.6. The molecule has 0 saturated heterocycles. The number of carbonyl (C=O) groups is 1. The summed E-state index contributed by atoms with van der Waals surface area (Å²) in [6.07, 6.45) is -1.12. The van der Waals surface area contributed by atoms with Gasteiger partial charge in [-0.15, -0.1) is 0 Å². The molecule has 0 saturated carbocycles. The lowest BCUT2D eigenvalue weighted by atomic mass is 10.1. The molecule has 0 aliphatic rings. The Morgan fingerprint density at radius 3 is 2.52 bits per heavy atom. The molecule has 3 rings (SSSR count). The lowest BCUT2D eigenvalue weighted by molar-refractivity contribution is -0.0449. The Morgan fingerprint density at radius 2 is 1.88 bits per heavy atom. The number of aliphatic hydroxyl groups is 2. The fraction of sp³-hybridized carbons (Fsp3) is 0.211. The van der Waals surface area contributed by atoms with Crippen LogP contribution in [0.25, 0.3) is 10.9 Å². The minimum absolute atomic E-state index is 0.0769. The first-order chi connectivity index (χ1) is 11.9. The van der Waals surface area contributed by atoms with E-state index >= 15 is 0 Å². The molecule has 6 heteroatoms. The molecule has 130 valence electrons. The Bertz CT molecular complexity index is 932. The highest BCUT2D eigenvalue weighted by Gasteiger charge is 2.21. The smallest absolute Gasteiger partial charge is 0.262 e. The summed E-state index contributed by atoms with van der Waals surface area (Å²) in [4.78, 5) is 13.0. The average Bonchev–Trinajstić information content (AvgIpc) is 2.85. The quantitative estimate of drug-likeness (QED) is 0.697. The minimum Gasteiger partial charge on any atom is -0.368 e. The van der Waals surface area contributed by atoms with Gasteiger partial charge in [-0.2, -0.15) is 0 Å². The van der Waals surface area contributed by atoms with E-state index < -0.39 is 6.29 Å². The third kappa shape index (κ3) is 3.44. The molecule has 0 aliphatic heterocycles. The first-order valence-electron chi connectivity index (χ1n) is 7.84. The van der Waals surface area contributed by atoms with Crippen LogP contribution in [0.1, 0.15) is 28.0 Å². The maximum absolute atomic E-state index is 13.7. The fourth-order valence-corrected chi connectivity index (χ4v) is 3.12. The molecule has 3 aromatic rings. The molecule has 25 heavy (non-hydrogen) atoms. The molecule has 0 spiro atoms. The van der Waals surface area contributed by atoms with Crippen molar-refractivity contribution < 1.29 is 19.4 Å². The first-order valence-corrected chi connectivity index (χ1v) is 8.22. The SMILES string of the molecule is Cc1c(CCC(O)O)n(C(=O)c2ccc(Cl)cc2)c2ccc(F)cc12. The lowest BCUT2D eigenvalue weighted by Crippen LogP contribution is -2.17. The minimum atomic E-state index is -1.48. The maximum Gasteiger partial charge on any atom is 0.262 e. The number of aromatic nitrogens is 1. The van der Waals surface area contributed by atoms with Crippen LogP contribution in [0.4, 0.5) is 4.39 Å². The zero-order valence-electron chi connectivity index (χ0n) is 13.5. The lowest BCUT2D eigenvalue weighted by Gasteiger charge is -2.11. The number of aryl methyl sites for hydroxylation is 1. The van der Waals surface area contributed by atoms with E-state index in [9.17, 15) is 19.4 Å². The number of hydrogen-bond acceptors (Lipinski definition) is 3. The summed E-state index contributed by atoms with van der Waals surface area (Å²) in [5.74, 6) is -0.663.